The number of hydrogen-bond acceptors (Lipinski definition) is 5. The van der Waals surface area contributed by atoms with Crippen molar-refractivity contribution in [1.29, 1.82) is 0 Å². The van der Waals surface area contributed by atoms with E-state index in [0.29, 0.717) is 29.5 Å². The first kappa shape index (κ1) is 20.0. The quantitative estimate of drug-likeness (QED) is 0.414. The second-order valence-corrected chi connectivity index (χ2v) is 6.09. The lowest BCUT2D eigenvalue weighted by molar-refractivity contribution is -0.136. The molecule has 7 nitrogen and oxygen atoms in total. The van der Waals surface area contributed by atoms with Crippen LogP contribution in [0.3, 0.4) is 0 Å². The molecule has 0 fully saturated rings. The van der Waals surface area contributed by atoms with Crippen molar-refractivity contribution in [2.45, 2.75) is 26.7 Å². The fraction of sp³-hybridized carbons (Fsp3) is 0.250. The van der Waals surface area contributed by atoms with Crippen molar-refractivity contribution in [2.75, 3.05) is 11.9 Å². The summed E-state index contributed by atoms with van der Waals surface area (Å²) in [5, 5.41) is 15.9. The van der Waals surface area contributed by atoms with Gasteiger partial charge in [-0.2, -0.15) is 5.10 Å². The minimum absolute atomic E-state index is 0.0147. The molecule has 0 radical (unpaired) electrons. The fourth-order valence-corrected chi connectivity index (χ4v) is 2.24. The molecule has 2 amide bonds. The zero-order valence-electron chi connectivity index (χ0n) is 15.5. The van der Waals surface area contributed by atoms with E-state index < -0.39 is 11.8 Å². The first-order chi connectivity index (χ1) is 12.9. The summed E-state index contributed by atoms with van der Waals surface area (Å²) in [6, 6.07) is 11.9. The van der Waals surface area contributed by atoms with Crippen LogP contribution in [-0.2, 0) is 9.59 Å². The Kier molecular flexibility index (Phi) is 6.93. The first-order valence-electron chi connectivity index (χ1n) is 8.61. The number of ether oxygens (including phenoxy) is 1. The lowest BCUT2D eigenvalue weighted by Crippen LogP contribution is -2.32. The van der Waals surface area contributed by atoms with Gasteiger partial charge in [0.05, 0.1) is 12.8 Å². The van der Waals surface area contributed by atoms with E-state index in [1.165, 1.54) is 12.3 Å². The number of rotatable bonds is 6. The molecule has 0 unspecified atom stereocenters. The standard InChI is InChI=1S/C20H23N3O4/c1-4-27-18-11-14(5-10-17(18)24)12-21-23-20(26)19(25)22-16-8-6-15(7-9-16)13(2)3/h5-13,24H,4H2,1-3H3,(H,22,25)(H,23,26)/b21-12-. The van der Waals surface area contributed by atoms with Gasteiger partial charge in [0.1, 0.15) is 0 Å². The van der Waals surface area contributed by atoms with Crippen LogP contribution in [0.4, 0.5) is 5.69 Å². The highest BCUT2D eigenvalue weighted by Crippen LogP contribution is 2.26. The highest BCUT2D eigenvalue weighted by molar-refractivity contribution is 6.39. The first-order valence-corrected chi connectivity index (χ1v) is 8.61. The summed E-state index contributed by atoms with van der Waals surface area (Å²) in [7, 11) is 0. The van der Waals surface area contributed by atoms with Gasteiger partial charge in [-0.25, -0.2) is 5.43 Å². The maximum Gasteiger partial charge on any atom is 0.329 e. The molecule has 0 heterocycles. The van der Waals surface area contributed by atoms with E-state index in [1.54, 1.807) is 31.2 Å². The van der Waals surface area contributed by atoms with E-state index in [2.05, 4.69) is 29.7 Å². The van der Waals surface area contributed by atoms with Crippen molar-refractivity contribution in [2.24, 2.45) is 5.10 Å². The lowest BCUT2D eigenvalue weighted by Gasteiger charge is -2.08. The molecule has 27 heavy (non-hydrogen) atoms. The molecule has 0 aliphatic carbocycles. The van der Waals surface area contributed by atoms with Crippen molar-refractivity contribution in [1.82, 2.24) is 5.43 Å². The van der Waals surface area contributed by atoms with Crippen LogP contribution in [0.25, 0.3) is 0 Å². The summed E-state index contributed by atoms with van der Waals surface area (Å²) in [6.07, 6.45) is 1.35. The Morgan fingerprint density at radius 1 is 1.15 bits per heavy atom. The number of nitrogens with one attached hydrogen (secondary N) is 2. The molecule has 0 atom stereocenters. The Morgan fingerprint density at radius 2 is 1.85 bits per heavy atom. The van der Waals surface area contributed by atoms with Crippen molar-refractivity contribution in [3.63, 3.8) is 0 Å². The lowest BCUT2D eigenvalue weighted by atomic mass is 10.0. The monoisotopic (exact) mass is 369 g/mol. The predicted octanol–water partition coefficient (Wildman–Crippen LogP) is 3.00. The average Bonchev–Trinajstić information content (AvgIpc) is 2.64. The van der Waals surface area contributed by atoms with Gasteiger partial charge in [0.15, 0.2) is 11.5 Å². The van der Waals surface area contributed by atoms with Crippen LogP contribution >= 0.6 is 0 Å². The second-order valence-electron chi connectivity index (χ2n) is 6.09. The Morgan fingerprint density at radius 3 is 2.48 bits per heavy atom. The van der Waals surface area contributed by atoms with Gasteiger partial charge in [-0.05, 0) is 54.3 Å². The number of phenols is 1. The molecular formula is C20H23N3O4. The van der Waals surface area contributed by atoms with Gasteiger partial charge in [0.2, 0.25) is 0 Å². The third-order valence-electron chi connectivity index (χ3n) is 3.70. The molecule has 0 saturated carbocycles. The van der Waals surface area contributed by atoms with Gasteiger partial charge in [-0.15, -0.1) is 0 Å². The fourth-order valence-electron chi connectivity index (χ4n) is 2.24. The largest absolute Gasteiger partial charge is 0.504 e. The number of carbonyl (C=O) groups is 2. The number of anilines is 1. The number of phenolic OH excluding ortho intramolecular Hbond substituents is 1. The molecule has 0 spiro atoms. The van der Waals surface area contributed by atoms with E-state index >= 15 is 0 Å². The summed E-state index contributed by atoms with van der Waals surface area (Å²) >= 11 is 0. The van der Waals surface area contributed by atoms with Crippen molar-refractivity contribution < 1.29 is 19.4 Å². The van der Waals surface area contributed by atoms with Crippen LogP contribution in [0.5, 0.6) is 11.5 Å². The van der Waals surface area contributed by atoms with Gasteiger partial charge in [0.25, 0.3) is 0 Å². The minimum Gasteiger partial charge on any atom is -0.504 e. The molecule has 0 saturated heterocycles. The number of amides is 2. The van der Waals surface area contributed by atoms with Gasteiger partial charge >= 0.3 is 11.8 Å². The van der Waals surface area contributed by atoms with Gasteiger partial charge in [0, 0.05) is 5.69 Å². The molecule has 2 rings (SSSR count). The van der Waals surface area contributed by atoms with E-state index in [9.17, 15) is 14.7 Å². The average molecular weight is 369 g/mol. The molecule has 0 aliphatic heterocycles. The predicted molar refractivity (Wildman–Crippen MR) is 104 cm³/mol. The molecule has 0 aliphatic rings. The Bertz CT molecular complexity index is 830. The zero-order valence-corrected chi connectivity index (χ0v) is 15.5. The topological polar surface area (TPSA) is 100 Å². The molecule has 2 aromatic carbocycles. The number of aromatic hydroxyl groups is 1. The summed E-state index contributed by atoms with van der Waals surface area (Å²) in [5.74, 6) is -0.986. The highest BCUT2D eigenvalue weighted by Gasteiger charge is 2.13. The molecule has 142 valence electrons. The maximum atomic E-state index is 11.9. The van der Waals surface area contributed by atoms with E-state index in [1.807, 2.05) is 12.1 Å². The summed E-state index contributed by atoms with van der Waals surface area (Å²) in [5.41, 5.74) is 4.43. The highest BCUT2D eigenvalue weighted by atomic mass is 16.5. The number of nitrogens with zero attached hydrogens (tertiary/aromatic N) is 1. The third-order valence-corrected chi connectivity index (χ3v) is 3.70. The molecule has 0 aromatic heterocycles. The summed E-state index contributed by atoms with van der Waals surface area (Å²) in [6.45, 7) is 6.35. The number of carbonyl (C=O) groups excluding carboxylic acids is 2. The SMILES string of the molecule is CCOc1cc(/C=N\NC(=O)C(=O)Nc2ccc(C(C)C)cc2)ccc1O. The second kappa shape index (κ2) is 9.38. The molecule has 2 aromatic rings. The van der Waals surface area contributed by atoms with Crippen LogP contribution < -0.4 is 15.5 Å². The maximum absolute atomic E-state index is 11.9. The van der Waals surface area contributed by atoms with Crippen molar-refractivity contribution in [3.05, 3.63) is 53.6 Å². The summed E-state index contributed by atoms with van der Waals surface area (Å²) < 4.78 is 5.27. The Hall–Kier alpha value is -3.35. The van der Waals surface area contributed by atoms with E-state index in [4.69, 9.17) is 4.74 Å². The van der Waals surface area contributed by atoms with Crippen LogP contribution in [0, 0.1) is 0 Å². The minimum atomic E-state index is -0.886. The van der Waals surface area contributed by atoms with E-state index in [-0.39, 0.29) is 5.75 Å². The number of hydrazone groups is 1. The van der Waals surface area contributed by atoms with Crippen LogP contribution in [-0.4, -0.2) is 29.7 Å². The third kappa shape index (κ3) is 5.85. The summed E-state index contributed by atoms with van der Waals surface area (Å²) in [4.78, 5) is 23.7. The normalized spacial score (nSPS) is 10.8. The van der Waals surface area contributed by atoms with Gasteiger partial charge in [-0.1, -0.05) is 26.0 Å². The molecule has 3 N–H and O–H groups in total. The molecule has 7 heteroatoms. The Balaban J connectivity index is 1.91. The zero-order chi connectivity index (χ0) is 19.8. The van der Waals surface area contributed by atoms with E-state index in [0.717, 1.165) is 5.56 Å². The Labute approximate surface area is 158 Å². The van der Waals surface area contributed by atoms with Crippen LogP contribution in [0.1, 0.15) is 37.8 Å². The van der Waals surface area contributed by atoms with Crippen LogP contribution in [0.15, 0.2) is 47.6 Å². The smallest absolute Gasteiger partial charge is 0.329 e. The number of hydrogen-bond donors (Lipinski definition) is 3. The van der Waals surface area contributed by atoms with Crippen LogP contribution in [0.2, 0.25) is 0 Å². The van der Waals surface area contributed by atoms with Gasteiger partial charge in [-0.3, -0.25) is 9.59 Å². The van der Waals surface area contributed by atoms with Crippen molar-refractivity contribution >= 4 is 23.7 Å². The van der Waals surface area contributed by atoms with Gasteiger partial charge < -0.3 is 15.2 Å². The molecule has 0 bridgehead atoms. The van der Waals surface area contributed by atoms with Crippen molar-refractivity contribution in [3.8, 4) is 11.5 Å². The number of benzene rings is 2. The molecular weight excluding hydrogens is 346 g/mol.